The molecule has 0 radical (unpaired) electrons. The molecule has 2 heterocycles. The Morgan fingerprint density at radius 3 is 2.04 bits per heavy atom. The van der Waals surface area contributed by atoms with Crippen LogP contribution in [0, 0.1) is 11.8 Å². The second-order valence-corrected chi connectivity index (χ2v) is 12.7. The van der Waals surface area contributed by atoms with E-state index < -0.39 is 65.8 Å². The molecule has 1 aromatic carbocycles. The Morgan fingerprint density at radius 1 is 0.915 bits per heavy atom. The summed E-state index contributed by atoms with van der Waals surface area (Å²) in [5, 5.41) is 4.86. The maximum absolute atomic E-state index is 13.9. The van der Waals surface area contributed by atoms with Gasteiger partial charge in [0, 0.05) is 50.9 Å². The molecular formula is C32H45F4N5O6. The normalized spacial score (nSPS) is 18.7. The predicted octanol–water partition coefficient (Wildman–Crippen LogP) is 2.45. The van der Waals surface area contributed by atoms with Crippen molar-refractivity contribution in [3.63, 3.8) is 0 Å². The number of likely N-dealkylation sites (N-methyl/N-ethyl adjacent to an activating group) is 1. The zero-order chi connectivity index (χ0) is 35.1. The maximum atomic E-state index is 13.9. The summed E-state index contributed by atoms with van der Waals surface area (Å²) >= 11 is 0. The number of nitrogens with zero attached hydrogens (tertiary/aromatic N) is 3. The number of ether oxygens (including phenoxy) is 1. The Balaban J connectivity index is 1.65. The van der Waals surface area contributed by atoms with Crippen LogP contribution in [0.15, 0.2) is 24.3 Å². The van der Waals surface area contributed by atoms with Crippen LogP contribution >= 0.6 is 0 Å². The second kappa shape index (κ2) is 16.5. The molecule has 3 atom stereocenters. The predicted molar refractivity (Wildman–Crippen MR) is 164 cm³/mol. The summed E-state index contributed by atoms with van der Waals surface area (Å²) in [5.74, 6) is -10.7. The van der Waals surface area contributed by atoms with Crippen LogP contribution in [0.2, 0.25) is 0 Å². The summed E-state index contributed by atoms with van der Waals surface area (Å²) < 4.78 is 58.8. The van der Waals surface area contributed by atoms with Crippen molar-refractivity contribution in [3.8, 4) is 0 Å². The van der Waals surface area contributed by atoms with Crippen LogP contribution in [-0.4, -0.2) is 128 Å². The second-order valence-electron chi connectivity index (χ2n) is 12.7. The number of likely N-dealkylation sites (tertiary alicyclic amines) is 1. The molecule has 0 saturated carbocycles. The van der Waals surface area contributed by atoms with E-state index in [9.17, 15) is 41.5 Å². The monoisotopic (exact) mass is 671 g/mol. The van der Waals surface area contributed by atoms with Gasteiger partial charge in [0.25, 0.3) is 11.8 Å². The number of morpholine rings is 1. The first-order chi connectivity index (χ1) is 22.1. The number of alkyl halides is 4. The molecule has 1 aromatic rings. The first-order valence-corrected chi connectivity index (χ1v) is 15.8. The van der Waals surface area contributed by atoms with Crippen LogP contribution in [0.3, 0.4) is 0 Å². The fourth-order valence-corrected chi connectivity index (χ4v) is 5.52. The number of hydrogen-bond donors (Lipinski definition) is 2. The minimum atomic E-state index is -4.95. The molecule has 2 aliphatic heterocycles. The van der Waals surface area contributed by atoms with Gasteiger partial charge in [0.05, 0.1) is 19.3 Å². The molecule has 47 heavy (non-hydrogen) atoms. The van der Waals surface area contributed by atoms with Crippen molar-refractivity contribution < 1.29 is 46.3 Å². The van der Waals surface area contributed by atoms with Gasteiger partial charge >= 0.3 is 12.3 Å². The van der Waals surface area contributed by atoms with Crippen LogP contribution in [0.1, 0.15) is 61.3 Å². The Bertz CT molecular complexity index is 1270. The molecule has 2 aliphatic rings. The van der Waals surface area contributed by atoms with Crippen molar-refractivity contribution >= 4 is 29.4 Å². The third kappa shape index (κ3) is 9.49. The average Bonchev–Trinajstić information content (AvgIpc) is 3.54. The zero-order valence-corrected chi connectivity index (χ0v) is 27.4. The Kier molecular flexibility index (Phi) is 13.3. The Hall–Kier alpha value is -3.59. The van der Waals surface area contributed by atoms with E-state index in [-0.39, 0.29) is 24.4 Å². The van der Waals surface area contributed by atoms with Gasteiger partial charge < -0.3 is 25.2 Å². The number of nitrogens with one attached hydrogen (secondary N) is 2. The average molecular weight is 672 g/mol. The summed E-state index contributed by atoms with van der Waals surface area (Å²) in [5.41, 5.74) is 0.586. The maximum Gasteiger partial charge on any atom is 0.366 e. The molecule has 3 unspecified atom stereocenters. The lowest BCUT2D eigenvalue weighted by molar-refractivity contribution is -0.171. The number of benzene rings is 1. The minimum Gasteiger partial charge on any atom is -0.379 e. The summed E-state index contributed by atoms with van der Waals surface area (Å²) in [7, 11) is 1.70. The van der Waals surface area contributed by atoms with Crippen LogP contribution < -0.4 is 10.6 Å². The molecule has 0 bridgehead atoms. The molecular weight excluding hydrogens is 626 g/mol. The highest BCUT2D eigenvalue weighted by Gasteiger charge is 2.53. The number of amides is 4. The lowest BCUT2D eigenvalue weighted by Gasteiger charge is -2.32. The smallest absolute Gasteiger partial charge is 0.366 e. The van der Waals surface area contributed by atoms with Crippen molar-refractivity contribution in [1.82, 2.24) is 25.3 Å². The van der Waals surface area contributed by atoms with Gasteiger partial charge in [-0.25, -0.2) is 8.78 Å². The quantitative estimate of drug-likeness (QED) is 0.291. The molecule has 0 aromatic heterocycles. The third-order valence-corrected chi connectivity index (χ3v) is 8.50. The number of Topliss-reactive ketones (excluding diaryl/α,β-unsaturated/α-hetero) is 1. The van der Waals surface area contributed by atoms with Crippen molar-refractivity contribution in [2.45, 2.75) is 71.0 Å². The van der Waals surface area contributed by atoms with Crippen molar-refractivity contribution in [3.05, 3.63) is 35.4 Å². The number of rotatable bonds is 14. The fraction of sp³-hybridized carbons (Fsp3) is 0.656. The van der Waals surface area contributed by atoms with E-state index in [0.29, 0.717) is 38.3 Å². The molecule has 262 valence electrons. The molecule has 0 spiro atoms. The third-order valence-electron chi connectivity index (χ3n) is 8.50. The van der Waals surface area contributed by atoms with Gasteiger partial charge in [-0.2, -0.15) is 8.78 Å². The molecule has 2 fully saturated rings. The van der Waals surface area contributed by atoms with Crippen molar-refractivity contribution in [1.29, 1.82) is 0 Å². The molecule has 15 heteroatoms. The van der Waals surface area contributed by atoms with Crippen LogP contribution in [0.25, 0.3) is 0 Å². The topological polar surface area (TPSA) is 128 Å². The van der Waals surface area contributed by atoms with E-state index in [1.54, 1.807) is 25.8 Å². The largest absolute Gasteiger partial charge is 0.379 e. The first kappa shape index (κ1) is 37.9. The number of ketones is 1. The minimum absolute atomic E-state index is 0.124. The Morgan fingerprint density at radius 2 is 1.49 bits per heavy atom. The standard InChI is InChI=1S/C32H45F4N5O6/c1-19(2)24(26(42)32(35,36)31(33)34)37-28(44)23-7-6-12-41(23)30(46)25(20(3)4)38-27(43)21-8-10-22(11-9-21)29(45)39(5)13-14-40-15-17-47-18-16-40/h8-11,19-20,23-25,31H,6-7,12-18H2,1-5H3,(H,37,44)(H,38,43). The lowest BCUT2D eigenvalue weighted by atomic mass is 9.95. The Labute approximate surface area is 272 Å². The van der Waals surface area contributed by atoms with E-state index in [1.165, 1.54) is 43.0 Å². The SMILES string of the molecule is CC(C)C(NC(=O)c1ccc(C(=O)N(C)CCN2CCOCC2)cc1)C(=O)N1CCCC1C(=O)NC(C(=O)C(F)(F)C(F)F)C(C)C. The van der Waals surface area contributed by atoms with E-state index in [2.05, 4.69) is 15.5 Å². The molecule has 2 saturated heterocycles. The highest BCUT2D eigenvalue weighted by atomic mass is 19.3. The molecule has 11 nitrogen and oxygen atoms in total. The van der Waals surface area contributed by atoms with Crippen molar-refractivity contribution in [2.75, 3.05) is 53.0 Å². The molecule has 2 N–H and O–H groups in total. The van der Waals surface area contributed by atoms with Crippen LogP contribution in [0.4, 0.5) is 17.6 Å². The van der Waals surface area contributed by atoms with Crippen LogP contribution in [0.5, 0.6) is 0 Å². The van der Waals surface area contributed by atoms with Gasteiger partial charge in [0.2, 0.25) is 17.6 Å². The lowest BCUT2D eigenvalue weighted by Crippen LogP contribution is -2.59. The fourth-order valence-electron chi connectivity index (χ4n) is 5.52. The molecule has 0 aliphatic carbocycles. The first-order valence-electron chi connectivity index (χ1n) is 15.8. The molecule has 4 amide bonds. The van der Waals surface area contributed by atoms with Gasteiger partial charge in [0.1, 0.15) is 12.1 Å². The van der Waals surface area contributed by atoms with Gasteiger partial charge in [-0.3, -0.25) is 28.9 Å². The van der Waals surface area contributed by atoms with Gasteiger partial charge in [-0.05, 0) is 48.9 Å². The summed E-state index contributed by atoms with van der Waals surface area (Å²) in [6.07, 6.45) is -3.71. The number of halogens is 4. The van der Waals surface area contributed by atoms with Gasteiger partial charge in [0.15, 0.2) is 0 Å². The van der Waals surface area contributed by atoms with E-state index in [4.69, 9.17) is 4.74 Å². The highest BCUT2D eigenvalue weighted by molar-refractivity contribution is 6.01. The number of carbonyl (C=O) groups excluding carboxylic acids is 5. The van der Waals surface area contributed by atoms with Crippen LogP contribution in [-0.2, 0) is 19.1 Å². The van der Waals surface area contributed by atoms with Gasteiger partial charge in [-0.15, -0.1) is 0 Å². The zero-order valence-electron chi connectivity index (χ0n) is 27.4. The highest BCUT2D eigenvalue weighted by Crippen LogP contribution is 2.28. The summed E-state index contributed by atoms with van der Waals surface area (Å²) in [6, 6.07) is 1.88. The van der Waals surface area contributed by atoms with Gasteiger partial charge in [-0.1, -0.05) is 27.7 Å². The van der Waals surface area contributed by atoms with E-state index in [1.807, 2.05) is 0 Å². The summed E-state index contributed by atoms with van der Waals surface area (Å²) in [4.78, 5) is 70.2. The molecule has 3 rings (SSSR count). The van der Waals surface area contributed by atoms with E-state index in [0.717, 1.165) is 13.1 Å². The van der Waals surface area contributed by atoms with Crippen molar-refractivity contribution in [2.24, 2.45) is 11.8 Å². The number of hydrogen-bond acceptors (Lipinski definition) is 7. The summed E-state index contributed by atoms with van der Waals surface area (Å²) in [6.45, 7) is 10.4. The van der Waals surface area contributed by atoms with E-state index >= 15 is 0 Å². The number of carbonyl (C=O) groups is 5.